The Balaban J connectivity index is 2.19. The fourth-order valence-corrected chi connectivity index (χ4v) is 3.07. The summed E-state index contributed by atoms with van der Waals surface area (Å²) in [5.41, 5.74) is 7.89. The Hall–Kier alpha value is -3.20. The lowest BCUT2D eigenvalue weighted by molar-refractivity contribution is 0.390. The molecular formula is C19H19N3O3. The zero-order valence-corrected chi connectivity index (χ0v) is 14.1. The van der Waals surface area contributed by atoms with Crippen molar-refractivity contribution in [1.29, 1.82) is 5.26 Å². The molecule has 0 radical (unpaired) electrons. The maximum atomic E-state index is 12.7. The van der Waals surface area contributed by atoms with Crippen molar-refractivity contribution in [1.82, 2.24) is 4.98 Å². The highest BCUT2D eigenvalue weighted by Gasteiger charge is 2.33. The number of aromatic nitrogens is 1. The number of aryl methyl sites for hydroxylation is 1. The predicted octanol–water partition coefficient (Wildman–Crippen LogP) is 2.55. The van der Waals surface area contributed by atoms with E-state index in [0.29, 0.717) is 17.1 Å². The summed E-state index contributed by atoms with van der Waals surface area (Å²) in [6.45, 7) is 2.03. The van der Waals surface area contributed by atoms with E-state index in [1.54, 1.807) is 25.3 Å². The van der Waals surface area contributed by atoms with Crippen LogP contribution >= 0.6 is 0 Å². The molecule has 3 rings (SSSR count). The third-order valence-corrected chi connectivity index (χ3v) is 4.24. The fraction of sp³-hybridized carbons (Fsp3) is 0.263. The van der Waals surface area contributed by atoms with Crippen molar-refractivity contribution in [2.75, 3.05) is 7.11 Å². The van der Waals surface area contributed by atoms with Crippen LogP contribution in [0.3, 0.4) is 0 Å². The van der Waals surface area contributed by atoms with Crippen LogP contribution in [0.1, 0.15) is 36.1 Å². The van der Waals surface area contributed by atoms with Gasteiger partial charge in [-0.2, -0.15) is 5.26 Å². The minimum absolute atomic E-state index is 0.0314. The summed E-state index contributed by atoms with van der Waals surface area (Å²) in [7, 11) is 1.58. The van der Waals surface area contributed by atoms with Crippen molar-refractivity contribution in [3.63, 3.8) is 0 Å². The van der Waals surface area contributed by atoms with Gasteiger partial charge in [0, 0.05) is 11.8 Å². The first kappa shape index (κ1) is 16.7. The zero-order valence-electron chi connectivity index (χ0n) is 14.1. The van der Waals surface area contributed by atoms with E-state index in [2.05, 4.69) is 11.1 Å². The van der Waals surface area contributed by atoms with Crippen molar-refractivity contribution in [2.24, 2.45) is 5.73 Å². The number of nitrogens with two attached hydrogens (primary N) is 1. The molecule has 1 unspecified atom stereocenters. The number of hydrogen-bond donors (Lipinski definition) is 2. The Kier molecular flexibility index (Phi) is 4.48. The molecule has 0 saturated carbocycles. The van der Waals surface area contributed by atoms with E-state index in [1.807, 2.05) is 19.1 Å². The number of nitriles is 1. The maximum absolute atomic E-state index is 12.7. The Labute approximate surface area is 145 Å². The van der Waals surface area contributed by atoms with Crippen LogP contribution in [0, 0.1) is 11.3 Å². The third-order valence-electron chi connectivity index (χ3n) is 4.24. The zero-order chi connectivity index (χ0) is 18.0. The van der Waals surface area contributed by atoms with Crippen LogP contribution in [0.5, 0.6) is 11.5 Å². The number of nitrogens with zero attached hydrogens (tertiary/aromatic N) is 1. The Morgan fingerprint density at radius 3 is 2.68 bits per heavy atom. The SMILES string of the molecule is CCCc1cc2c(c(=O)[nH]1)C(c1ccc(OC)cc1)C(C#N)=C(N)O2. The summed E-state index contributed by atoms with van der Waals surface area (Å²) in [6.07, 6.45) is 1.62. The van der Waals surface area contributed by atoms with Crippen LogP contribution in [-0.4, -0.2) is 12.1 Å². The smallest absolute Gasteiger partial charge is 0.256 e. The van der Waals surface area contributed by atoms with Crippen LogP contribution in [0.4, 0.5) is 0 Å². The van der Waals surface area contributed by atoms with Crippen molar-refractivity contribution < 1.29 is 9.47 Å². The lowest BCUT2D eigenvalue weighted by Crippen LogP contribution is -2.28. The molecule has 0 saturated heterocycles. The molecule has 2 aromatic rings. The minimum atomic E-state index is -0.570. The molecule has 0 spiro atoms. The molecule has 2 heterocycles. The molecule has 1 aromatic carbocycles. The lowest BCUT2D eigenvalue weighted by Gasteiger charge is -2.26. The molecule has 1 aromatic heterocycles. The number of aromatic amines is 1. The first-order valence-corrected chi connectivity index (χ1v) is 8.06. The van der Waals surface area contributed by atoms with Gasteiger partial charge in [-0.15, -0.1) is 0 Å². The number of fused-ring (bicyclic) bond motifs is 1. The second-order valence-corrected chi connectivity index (χ2v) is 5.85. The summed E-state index contributed by atoms with van der Waals surface area (Å²) in [4.78, 5) is 15.6. The van der Waals surface area contributed by atoms with Crippen LogP contribution in [0.15, 0.2) is 46.6 Å². The highest BCUT2D eigenvalue weighted by Crippen LogP contribution is 2.40. The number of nitrogens with one attached hydrogen (secondary N) is 1. The highest BCUT2D eigenvalue weighted by atomic mass is 16.5. The van der Waals surface area contributed by atoms with Crippen molar-refractivity contribution in [2.45, 2.75) is 25.7 Å². The van der Waals surface area contributed by atoms with Crippen LogP contribution < -0.4 is 20.8 Å². The largest absolute Gasteiger partial charge is 0.497 e. The van der Waals surface area contributed by atoms with Crippen molar-refractivity contribution in [3.8, 4) is 17.6 Å². The number of H-pyrrole nitrogens is 1. The van der Waals surface area contributed by atoms with Gasteiger partial charge in [0.25, 0.3) is 5.56 Å². The monoisotopic (exact) mass is 337 g/mol. The maximum Gasteiger partial charge on any atom is 0.256 e. The van der Waals surface area contributed by atoms with E-state index < -0.39 is 5.92 Å². The van der Waals surface area contributed by atoms with Crippen molar-refractivity contribution in [3.05, 3.63) is 69.0 Å². The molecular weight excluding hydrogens is 318 g/mol. The number of rotatable bonds is 4. The Bertz CT molecular complexity index is 920. The number of pyridine rings is 1. The van der Waals surface area contributed by atoms with Gasteiger partial charge in [0.1, 0.15) is 23.1 Å². The average Bonchev–Trinajstić information content (AvgIpc) is 2.61. The van der Waals surface area contributed by atoms with Gasteiger partial charge in [0.15, 0.2) is 0 Å². The van der Waals surface area contributed by atoms with Gasteiger partial charge >= 0.3 is 0 Å². The van der Waals surface area contributed by atoms with Gasteiger partial charge in [-0.1, -0.05) is 25.5 Å². The molecule has 3 N–H and O–H groups in total. The average molecular weight is 337 g/mol. The van der Waals surface area contributed by atoms with Crippen LogP contribution in [0.25, 0.3) is 0 Å². The van der Waals surface area contributed by atoms with Gasteiger partial charge in [-0.3, -0.25) is 4.79 Å². The summed E-state index contributed by atoms with van der Waals surface area (Å²) in [5, 5.41) is 9.54. The summed E-state index contributed by atoms with van der Waals surface area (Å²) in [6, 6.07) is 11.1. The molecule has 25 heavy (non-hydrogen) atoms. The second-order valence-electron chi connectivity index (χ2n) is 5.85. The number of hydrogen-bond acceptors (Lipinski definition) is 5. The summed E-state index contributed by atoms with van der Waals surface area (Å²) in [5.74, 6) is 0.561. The first-order chi connectivity index (χ1) is 12.1. The Morgan fingerprint density at radius 2 is 2.08 bits per heavy atom. The molecule has 0 amide bonds. The molecule has 0 bridgehead atoms. The predicted molar refractivity (Wildman–Crippen MR) is 93.3 cm³/mol. The van der Waals surface area contributed by atoms with E-state index in [0.717, 1.165) is 24.1 Å². The Morgan fingerprint density at radius 1 is 1.36 bits per heavy atom. The van der Waals surface area contributed by atoms with Crippen LogP contribution in [0.2, 0.25) is 0 Å². The fourth-order valence-electron chi connectivity index (χ4n) is 3.07. The number of benzene rings is 1. The standard InChI is InChI=1S/C19H19N3O3/c1-3-4-12-9-15-17(19(23)22-12)16(14(10-20)18(21)25-15)11-5-7-13(24-2)8-6-11/h5-9,16H,3-4,21H2,1-2H3,(H,22,23). The molecule has 0 aliphatic carbocycles. The third kappa shape index (κ3) is 2.96. The van der Waals surface area contributed by atoms with E-state index in [4.69, 9.17) is 15.2 Å². The molecule has 128 valence electrons. The topological polar surface area (TPSA) is 101 Å². The summed E-state index contributed by atoms with van der Waals surface area (Å²) >= 11 is 0. The van der Waals surface area contributed by atoms with E-state index >= 15 is 0 Å². The summed E-state index contributed by atoms with van der Waals surface area (Å²) < 4.78 is 10.8. The number of methoxy groups -OCH3 is 1. The molecule has 1 atom stereocenters. The van der Waals surface area contributed by atoms with Gasteiger partial charge in [-0.05, 0) is 24.1 Å². The lowest BCUT2D eigenvalue weighted by atomic mass is 9.84. The molecule has 1 aliphatic heterocycles. The van der Waals surface area contributed by atoms with Gasteiger partial charge in [0.05, 0.1) is 18.6 Å². The molecule has 0 fully saturated rings. The molecule has 1 aliphatic rings. The quantitative estimate of drug-likeness (QED) is 0.893. The first-order valence-electron chi connectivity index (χ1n) is 8.06. The van der Waals surface area contributed by atoms with E-state index in [-0.39, 0.29) is 17.0 Å². The second kappa shape index (κ2) is 6.73. The minimum Gasteiger partial charge on any atom is -0.497 e. The molecule has 6 nitrogen and oxygen atoms in total. The highest BCUT2D eigenvalue weighted by molar-refractivity contribution is 5.55. The van der Waals surface area contributed by atoms with Gasteiger partial charge in [-0.25, -0.2) is 0 Å². The van der Waals surface area contributed by atoms with E-state index in [9.17, 15) is 10.1 Å². The number of allylic oxidation sites excluding steroid dienone is 1. The van der Waals surface area contributed by atoms with Gasteiger partial charge < -0.3 is 20.2 Å². The molecule has 6 heteroatoms. The number of ether oxygens (including phenoxy) is 2. The van der Waals surface area contributed by atoms with Gasteiger partial charge in [0.2, 0.25) is 5.88 Å². The normalized spacial score (nSPS) is 16.0. The van der Waals surface area contributed by atoms with Crippen LogP contribution in [-0.2, 0) is 6.42 Å². The van der Waals surface area contributed by atoms with Crippen molar-refractivity contribution >= 4 is 0 Å². The van der Waals surface area contributed by atoms with E-state index in [1.165, 1.54) is 0 Å².